The molecule has 0 radical (unpaired) electrons. The fourth-order valence-electron chi connectivity index (χ4n) is 2.60. The van der Waals surface area contributed by atoms with Gasteiger partial charge in [0, 0.05) is 19.5 Å². The number of amides is 3. The molecule has 0 spiro atoms. The zero-order valence-corrected chi connectivity index (χ0v) is 12.7. The lowest BCUT2D eigenvalue weighted by molar-refractivity contribution is -0.137. The number of hydrogen-bond acceptors (Lipinski definition) is 4. The van der Waals surface area contributed by atoms with Gasteiger partial charge in [-0.1, -0.05) is 0 Å². The van der Waals surface area contributed by atoms with Gasteiger partial charge in [0.05, 0.1) is 6.04 Å². The number of hydrogen-bond donors (Lipinski definition) is 3. The first-order valence-corrected chi connectivity index (χ1v) is 7.48. The number of carbonyl (C=O) groups excluding carboxylic acids is 2. The number of carboxylic acid groups (broad SMARTS) is 1. The van der Waals surface area contributed by atoms with E-state index in [4.69, 9.17) is 5.11 Å². The fraction of sp³-hybridized carbons (Fsp3) is 0.786. The van der Waals surface area contributed by atoms with Crippen molar-refractivity contribution in [2.24, 2.45) is 5.92 Å². The zero-order chi connectivity index (χ0) is 15.8. The van der Waals surface area contributed by atoms with Crippen LogP contribution in [0.4, 0.5) is 4.79 Å². The molecule has 0 aliphatic carbocycles. The van der Waals surface area contributed by atoms with Crippen molar-refractivity contribution in [3.63, 3.8) is 0 Å². The highest BCUT2D eigenvalue weighted by Gasteiger charge is 2.28. The molecule has 2 unspecified atom stereocenters. The van der Waals surface area contributed by atoms with Crippen molar-refractivity contribution in [2.45, 2.75) is 45.6 Å². The Kier molecular flexibility index (Phi) is 7.14. The van der Waals surface area contributed by atoms with Crippen LogP contribution in [-0.4, -0.2) is 53.6 Å². The normalized spacial score (nSPS) is 20.6. The summed E-state index contributed by atoms with van der Waals surface area (Å²) in [5, 5.41) is 13.6. The topological polar surface area (TPSA) is 98.7 Å². The van der Waals surface area contributed by atoms with Crippen molar-refractivity contribution in [3.05, 3.63) is 0 Å². The molecule has 7 nitrogen and oxygen atoms in total. The molecule has 7 heteroatoms. The van der Waals surface area contributed by atoms with Crippen LogP contribution in [0.2, 0.25) is 0 Å². The lowest BCUT2D eigenvalue weighted by atomic mass is 9.92. The second-order valence-electron chi connectivity index (χ2n) is 5.46. The number of carboxylic acids is 1. The Morgan fingerprint density at radius 1 is 1.38 bits per heavy atom. The molecular weight excluding hydrogens is 274 g/mol. The predicted molar refractivity (Wildman–Crippen MR) is 77.8 cm³/mol. The summed E-state index contributed by atoms with van der Waals surface area (Å²) in [6.45, 7) is 5.53. The number of aliphatic carboxylic acids is 1. The minimum atomic E-state index is -0.783. The maximum absolute atomic E-state index is 12.0. The molecule has 1 saturated heterocycles. The average molecular weight is 299 g/mol. The third kappa shape index (κ3) is 6.12. The molecule has 0 bridgehead atoms. The summed E-state index contributed by atoms with van der Waals surface area (Å²) in [5.41, 5.74) is 0. The number of nitrogens with zero attached hydrogens (tertiary/aromatic N) is 1. The molecule has 0 aromatic heterocycles. The Morgan fingerprint density at radius 2 is 2.10 bits per heavy atom. The Morgan fingerprint density at radius 3 is 2.71 bits per heavy atom. The van der Waals surface area contributed by atoms with Crippen molar-refractivity contribution in [1.82, 2.24) is 15.5 Å². The average Bonchev–Trinajstić information content (AvgIpc) is 2.44. The van der Waals surface area contributed by atoms with Crippen LogP contribution in [0.1, 0.15) is 39.5 Å². The summed E-state index contributed by atoms with van der Waals surface area (Å²) in [7, 11) is 0. The van der Waals surface area contributed by atoms with E-state index < -0.39 is 12.0 Å². The maximum Gasteiger partial charge on any atom is 0.321 e. The first kappa shape index (κ1) is 17.4. The van der Waals surface area contributed by atoms with E-state index in [1.54, 1.807) is 13.8 Å². The summed E-state index contributed by atoms with van der Waals surface area (Å²) >= 11 is 0. The summed E-state index contributed by atoms with van der Waals surface area (Å²) in [5.74, 6) is -0.802. The van der Waals surface area contributed by atoms with Crippen LogP contribution in [-0.2, 0) is 9.59 Å². The number of nitrogens with one attached hydrogen (secondary N) is 2. The van der Waals surface area contributed by atoms with Gasteiger partial charge in [-0.25, -0.2) is 4.79 Å². The van der Waals surface area contributed by atoms with Crippen molar-refractivity contribution in [1.29, 1.82) is 0 Å². The summed E-state index contributed by atoms with van der Waals surface area (Å²) in [4.78, 5) is 36.0. The van der Waals surface area contributed by atoms with E-state index >= 15 is 0 Å². The van der Waals surface area contributed by atoms with Gasteiger partial charge in [0.2, 0.25) is 5.91 Å². The second-order valence-corrected chi connectivity index (χ2v) is 5.46. The van der Waals surface area contributed by atoms with Gasteiger partial charge in [0.25, 0.3) is 0 Å². The summed E-state index contributed by atoms with van der Waals surface area (Å²) in [6, 6.07) is -0.867. The molecule has 0 saturated carbocycles. The number of urea groups is 1. The molecule has 3 amide bonds. The Hall–Kier alpha value is -1.63. The smallest absolute Gasteiger partial charge is 0.321 e. The third-order valence-electron chi connectivity index (χ3n) is 3.82. The standard InChI is InChI=1S/C14H25N3O4/c1-3-15-14(21)16-13(20)10(2)17-8-4-5-11(9-17)6-7-12(18)19/h10-11H,3-9H2,1-2H3,(H,18,19)(H2,15,16,20,21). The van der Waals surface area contributed by atoms with Crippen LogP contribution in [0.3, 0.4) is 0 Å². The molecule has 1 fully saturated rings. The Bertz CT molecular complexity index is 386. The summed E-state index contributed by atoms with van der Waals surface area (Å²) in [6.07, 6.45) is 2.74. The van der Waals surface area contributed by atoms with Crippen LogP contribution >= 0.6 is 0 Å². The molecule has 3 N–H and O–H groups in total. The zero-order valence-electron chi connectivity index (χ0n) is 12.7. The van der Waals surface area contributed by atoms with Crippen LogP contribution in [0, 0.1) is 5.92 Å². The van der Waals surface area contributed by atoms with E-state index in [-0.39, 0.29) is 18.4 Å². The minimum Gasteiger partial charge on any atom is -0.481 e. The van der Waals surface area contributed by atoms with Gasteiger partial charge in [-0.2, -0.15) is 0 Å². The van der Waals surface area contributed by atoms with Gasteiger partial charge >= 0.3 is 12.0 Å². The van der Waals surface area contributed by atoms with Crippen LogP contribution in [0.15, 0.2) is 0 Å². The largest absolute Gasteiger partial charge is 0.481 e. The molecular formula is C14H25N3O4. The molecule has 2 atom stereocenters. The SMILES string of the molecule is CCNC(=O)NC(=O)C(C)N1CCCC(CCC(=O)O)C1. The van der Waals surface area contributed by atoms with Crippen LogP contribution in [0.25, 0.3) is 0 Å². The lowest BCUT2D eigenvalue weighted by Gasteiger charge is -2.35. The van der Waals surface area contributed by atoms with E-state index in [1.165, 1.54) is 0 Å². The molecule has 0 aromatic rings. The first-order valence-electron chi connectivity index (χ1n) is 7.48. The second kappa shape index (κ2) is 8.61. The maximum atomic E-state index is 12.0. The quantitative estimate of drug-likeness (QED) is 0.674. The molecule has 120 valence electrons. The molecule has 1 aliphatic heterocycles. The van der Waals surface area contributed by atoms with Gasteiger partial charge in [-0.15, -0.1) is 0 Å². The minimum absolute atomic E-state index is 0.165. The molecule has 1 aliphatic rings. The number of likely N-dealkylation sites (tertiary alicyclic amines) is 1. The van der Waals surface area contributed by atoms with Crippen molar-refractivity contribution >= 4 is 17.9 Å². The van der Waals surface area contributed by atoms with Gasteiger partial charge in [-0.3, -0.25) is 19.8 Å². The van der Waals surface area contributed by atoms with Crippen molar-refractivity contribution < 1.29 is 19.5 Å². The van der Waals surface area contributed by atoms with E-state index in [2.05, 4.69) is 10.6 Å². The van der Waals surface area contributed by atoms with E-state index in [0.29, 0.717) is 25.4 Å². The van der Waals surface area contributed by atoms with Crippen molar-refractivity contribution in [2.75, 3.05) is 19.6 Å². The van der Waals surface area contributed by atoms with Gasteiger partial charge in [0.15, 0.2) is 0 Å². The number of piperidine rings is 1. The summed E-state index contributed by atoms with van der Waals surface area (Å²) < 4.78 is 0. The first-order chi connectivity index (χ1) is 9.93. The van der Waals surface area contributed by atoms with Crippen LogP contribution < -0.4 is 10.6 Å². The highest BCUT2D eigenvalue weighted by atomic mass is 16.4. The van der Waals surface area contributed by atoms with Crippen LogP contribution in [0.5, 0.6) is 0 Å². The number of rotatable bonds is 6. The molecule has 1 heterocycles. The fourth-order valence-corrected chi connectivity index (χ4v) is 2.60. The molecule has 1 rings (SSSR count). The number of imide groups is 1. The third-order valence-corrected chi connectivity index (χ3v) is 3.82. The Balaban J connectivity index is 2.45. The van der Waals surface area contributed by atoms with Gasteiger partial charge < -0.3 is 10.4 Å². The van der Waals surface area contributed by atoms with Gasteiger partial charge in [-0.05, 0) is 45.6 Å². The van der Waals surface area contributed by atoms with E-state index in [0.717, 1.165) is 19.4 Å². The predicted octanol–water partition coefficient (Wildman–Crippen LogP) is 0.797. The molecule has 21 heavy (non-hydrogen) atoms. The van der Waals surface area contributed by atoms with Gasteiger partial charge in [0.1, 0.15) is 0 Å². The number of carbonyl (C=O) groups is 3. The lowest BCUT2D eigenvalue weighted by Crippen LogP contribution is -2.52. The van der Waals surface area contributed by atoms with E-state index in [9.17, 15) is 14.4 Å². The highest BCUT2D eigenvalue weighted by molar-refractivity contribution is 5.96. The molecule has 0 aromatic carbocycles. The Labute approximate surface area is 125 Å². The van der Waals surface area contributed by atoms with E-state index in [1.807, 2.05) is 4.90 Å². The highest BCUT2D eigenvalue weighted by Crippen LogP contribution is 2.22. The van der Waals surface area contributed by atoms with Crippen molar-refractivity contribution in [3.8, 4) is 0 Å². The monoisotopic (exact) mass is 299 g/mol.